The fourth-order valence-corrected chi connectivity index (χ4v) is 7.89. The minimum absolute atomic E-state index is 0.0305. The molecule has 18 heteroatoms. The Morgan fingerprint density at radius 1 is 1.22 bits per heavy atom. The van der Waals surface area contributed by atoms with E-state index in [1.807, 2.05) is 24.5 Å². The summed E-state index contributed by atoms with van der Waals surface area (Å²) in [5, 5.41) is 35.3. The minimum atomic E-state index is -1.50. The van der Waals surface area contributed by atoms with Crippen molar-refractivity contribution in [2.75, 3.05) is 17.2 Å². The predicted molar refractivity (Wildman–Crippen MR) is 162 cm³/mol. The number of nitrogens with zero attached hydrogens (tertiary/aromatic N) is 4. The Balaban J connectivity index is 1.16. The summed E-state index contributed by atoms with van der Waals surface area (Å²) in [5.41, 5.74) is 4.71. The molecule has 1 saturated heterocycles. The first kappa shape index (κ1) is 30.5. The van der Waals surface area contributed by atoms with Crippen molar-refractivity contribution in [2.45, 2.75) is 41.2 Å². The van der Waals surface area contributed by atoms with E-state index < -0.39 is 58.0 Å². The third kappa shape index (κ3) is 6.07. The van der Waals surface area contributed by atoms with E-state index in [0.717, 1.165) is 29.1 Å². The zero-order valence-corrected chi connectivity index (χ0v) is 25.6. The molecule has 2 fully saturated rings. The molecule has 1 aliphatic carbocycles. The molecule has 7 N–H and O–H groups in total. The summed E-state index contributed by atoms with van der Waals surface area (Å²) < 4.78 is 2.37. The van der Waals surface area contributed by atoms with Gasteiger partial charge in [0.25, 0.3) is 11.8 Å². The van der Waals surface area contributed by atoms with Crippen molar-refractivity contribution in [3.05, 3.63) is 75.1 Å². The summed E-state index contributed by atoms with van der Waals surface area (Å²) >= 11 is 3.78. The second kappa shape index (κ2) is 12.1. The number of fused-ring (bicyclic) bond motifs is 1. The van der Waals surface area contributed by atoms with Crippen LogP contribution in [0.2, 0.25) is 0 Å². The van der Waals surface area contributed by atoms with Crippen LogP contribution < -0.4 is 26.4 Å². The van der Waals surface area contributed by atoms with Crippen molar-refractivity contribution >= 4 is 63.7 Å². The number of aromatic hydroxyl groups is 1. The molecular formula is C27H26N7O8S3+. The topological polar surface area (TPSA) is 221 Å². The van der Waals surface area contributed by atoms with Crippen LogP contribution in [0.15, 0.2) is 63.1 Å². The summed E-state index contributed by atoms with van der Waals surface area (Å²) in [6, 6.07) is 2.59. The number of rotatable bonds is 10. The van der Waals surface area contributed by atoms with Crippen LogP contribution in [0.3, 0.4) is 0 Å². The lowest BCUT2D eigenvalue weighted by atomic mass is 10.0. The molecule has 0 radical (unpaired) electrons. The van der Waals surface area contributed by atoms with E-state index in [-0.39, 0.29) is 21.3 Å². The lowest BCUT2D eigenvalue weighted by molar-refractivity contribution is -0.700. The van der Waals surface area contributed by atoms with Gasteiger partial charge >= 0.3 is 5.97 Å². The Morgan fingerprint density at radius 3 is 2.60 bits per heavy atom. The summed E-state index contributed by atoms with van der Waals surface area (Å²) in [5.74, 6) is -3.91. The normalized spacial score (nSPS) is 19.8. The summed E-state index contributed by atoms with van der Waals surface area (Å²) in [6.45, 7) is 0. The van der Waals surface area contributed by atoms with Crippen LogP contribution in [0.5, 0.6) is 5.75 Å². The Kier molecular flexibility index (Phi) is 8.19. The van der Waals surface area contributed by atoms with Gasteiger partial charge in [0.1, 0.15) is 22.8 Å². The molecule has 3 amide bonds. The first-order chi connectivity index (χ1) is 21.5. The van der Waals surface area contributed by atoms with E-state index in [0.29, 0.717) is 35.4 Å². The number of carboxylic acids is 1. The highest BCUT2D eigenvalue weighted by Gasteiger charge is 2.54. The summed E-state index contributed by atoms with van der Waals surface area (Å²) in [4.78, 5) is 70.0. The molecule has 6 rings (SSSR count). The molecule has 0 spiro atoms. The zero-order valence-electron chi connectivity index (χ0n) is 23.2. The molecule has 234 valence electrons. The average molecular weight is 673 g/mol. The van der Waals surface area contributed by atoms with Gasteiger partial charge in [0.05, 0.1) is 11.9 Å². The third-order valence-electron chi connectivity index (χ3n) is 7.37. The van der Waals surface area contributed by atoms with Gasteiger partial charge in [-0.2, -0.15) is 4.73 Å². The highest BCUT2D eigenvalue weighted by Crippen LogP contribution is 2.42. The van der Waals surface area contributed by atoms with Crippen molar-refractivity contribution in [1.29, 1.82) is 0 Å². The number of aliphatic carboxylic acids is 1. The quantitative estimate of drug-likeness (QED) is 0.0748. The van der Waals surface area contributed by atoms with Gasteiger partial charge in [-0.15, -0.1) is 34.9 Å². The second-order valence-electron chi connectivity index (χ2n) is 10.4. The maximum atomic E-state index is 13.5. The largest absolute Gasteiger partial charge is 0.503 e. The average Bonchev–Trinajstić information content (AvgIpc) is 3.78. The number of aromatic nitrogens is 3. The van der Waals surface area contributed by atoms with Crippen LogP contribution in [0.1, 0.15) is 41.1 Å². The van der Waals surface area contributed by atoms with E-state index in [9.17, 15) is 39.4 Å². The van der Waals surface area contributed by atoms with Crippen molar-refractivity contribution < 1.29 is 39.2 Å². The molecule has 5 heterocycles. The number of carboxylic acid groups (broad SMARTS) is 1. The Hall–Kier alpha value is -4.55. The Labute approximate surface area is 266 Å². The monoisotopic (exact) mass is 672 g/mol. The fraction of sp³-hybridized carbons (Fsp3) is 0.296. The molecule has 3 aromatic rings. The highest BCUT2D eigenvalue weighted by molar-refractivity contribution is 8.01. The smallest absolute Gasteiger partial charge is 0.352 e. The van der Waals surface area contributed by atoms with E-state index in [4.69, 9.17) is 5.73 Å². The molecule has 1 unspecified atom stereocenters. The second-order valence-corrected chi connectivity index (χ2v) is 13.5. The molecule has 45 heavy (non-hydrogen) atoms. The summed E-state index contributed by atoms with van der Waals surface area (Å²) in [7, 11) is 0. The first-order valence-electron chi connectivity index (χ1n) is 13.5. The first-order valence-corrected chi connectivity index (χ1v) is 16.4. The standard InChI is InChI=1S/C27H25N7O8S3/c28-27-29-15(11-45-27)19(30-22(37)16-7-17(35)18(36)8-33(16)42)23(38)31-20-24(39)34-21(26(40)41)12(10-44-25(20)34)9-43-14-3-5-32(6-4-14)13-1-2-13/h3-8,11,13,19-20,25,42H,1-2,9-10H2,(H5-,28,29,30,31,36,37,38,40,41)/p+1/t19?,20-,25-/m1/s1. The number of nitrogens with two attached hydrogens (primary N) is 1. The molecular weight excluding hydrogens is 647 g/mol. The van der Waals surface area contributed by atoms with Gasteiger partial charge < -0.3 is 31.8 Å². The van der Waals surface area contributed by atoms with Crippen LogP contribution in [0, 0.1) is 0 Å². The molecule has 3 aliphatic rings. The van der Waals surface area contributed by atoms with Gasteiger partial charge in [-0.3, -0.25) is 24.1 Å². The molecule has 0 aromatic carbocycles. The van der Waals surface area contributed by atoms with Crippen LogP contribution >= 0.6 is 34.9 Å². The molecule has 1 saturated carbocycles. The number of carbonyl (C=O) groups excluding carboxylic acids is 3. The lowest BCUT2D eigenvalue weighted by Crippen LogP contribution is -2.71. The van der Waals surface area contributed by atoms with Crippen molar-refractivity contribution in [3.63, 3.8) is 0 Å². The molecule has 15 nitrogen and oxygen atoms in total. The lowest BCUT2D eigenvalue weighted by Gasteiger charge is -2.49. The zero-order chi connectivity index (χ0) is 32.0. The molecule has 3 atom stereocenters. The number of thioether (sulfide) groups is 2. The highest BCUT2D eigenvalue weighted by atomic mass is 32.2. The number of thiazole rings is 1. The number of hydrogen-bond donors (Lipinski definition) is 6. The maximum Gasteiger partial charge on any atom is 0.352 e. The van der Waals surface area contributed by atoms with E-state index in [1.54, 1.807) is 0 Å². The van der Waals surface area contributed by atoms with Crippen molar-refractivity contribution in [2.24, 2.45) is 0 Å². The number of amides is 3. The van der Waals surface area contributed by atoms with Crippen LogP contribution in [0.25, 0.3) is 0 Å². The van der Waals surface area contributed by atoms with Gasteiger partial charge in [-0.1, -0.05) is 0 Å². The van der Waals surface area contributed by atoms with Crippen LogP contribution in [0.4, 0.5) is 5.13 Å². The number of anilines is 1. The Bertz CT molecular complexity index is 1800. The number of nitrogen functional groups attached to an aromatic ring is 1. The van der Waals surface area contributed by atoms with Crippen molar-refractivity contribution in [1.82, 2.24) is 25.2 Å². The number of pyridine rings is 2. The summed E-state index contributed by atoms with van der Waals surface area (Å²) in [6.07, 6.45) is 6.97. The van der Waals surface area contributed by atoms with E-state index in [2.05, 4.69) is 20.2 Å². The minimum Gasteiger partial charge on any atom is -0.503 e. The molecule has 3 aromatic heterocycles. The SMILES string of the molecule is Nc1nc(C(NC(=O)c2cc(=O)c(O)cn2O)C(=O)N[C@@H]2C(=O)N3C(C(=O)O)=C(CSc4cc[n+](C5CC5)cc4)CS[C@H]23)cs1. The number of nitrogens with one attached hydrogen (secondary N) is 2. The predicted octanol–water partition coefficient (Wildman–Crippen LogP) is 0.454. The maximum absolute atomic E-state index is 13.5. The number of β-lactam (4-membered cyclic amide) rings is 1. The molecule has 0 bridgehead atoms. The number of carbonyl (C=O) groups is 4. The van der Waals surface area contributed by atoms with E-state index >= 15 is 0 Å². The van der Waals surface area contributed by atoms with Gasteiger partial charge in [0, 0.05) is 52.8 Å². The van der Waals surface area contributed by atoms with Gasteiger partial charge in [-0.05, 0) is 5.57 Å². The van der Waals surface area contributed by atoms with Crippen LogP contribution in [-0.2, 0) is 14.4 Å². The third-order valence-corrected chi connectivity index (χ3v) is 10.5. The van der Waals surface area contributed by atoms with Crippen LogP contribution in [-0.4, -0.2) is 76.6 Å². The van der Waals surface area contributed by atoms with Gasteiger partial charge in [0.2, 0.25) is 11.3 Å². The van der Waals surface area contributed by atoms with Gasteiger partial charge in [0.15, 0.2) is 35.4 Å². The van der Waals surface area contributed by atoms with Gasteiger partial charge in [-0.25, -0.2) is 14.3 Å². The Morgan fingerprint density at radius 2 is 1.96 bits per heavy atom. The fourth-order valence-electron chi connectivity index (χ4n) is 4.93. The van der Waals surface area contributed by atoms with E-state index in [1.165, 1.54) is 33.8 Å². The molecule has 2 aliphatic heterocycles. The number of hydrogen-bond acceptors (Lipinski definition) is 12. The van der Waals surface area contributed by atoms with Crippen molar-refractivity contribution in [3.8, 4) is 5.75 Å².